The van der Waals surface area contributed by atoms with Gasteiger partial charge in [0, 0.05) is 17.0 Å². The Bertz CT molecular complexity index is 704. The Morgan fingerprint density at radius 3 is 2.36 bits per heavy atom. The minimum absolute atomic E-state index is 0.0952. The zero-order valence-electron chi connectivity index (χ0n) is 13.4. The van der Waals surface area contributed by atoms with E-state index in [1.807, 2.05) is 5.32 Å². The van der Waals surface area contributed by atoms with Gasteiger partial charge < -0.3 is 10.4 Å². The predicted molar refractivity (Wildman–Crippen MR) is 83.9 cm³/mol. The Balaban J connectivity index is 2.12. The summed E-state index contributed by atoms with van der Waals surface area (Å²) in [5, 5.41) is 20.4. The topological polar surface area (TPSA) is 98.7 Å². The van der Waals surface area contributed by atoms with Crippen LogP contribution in [-0.4, -0.2) is 40.2 Å². The van der Waals surface area contributed by atoms with Gasteiger partial charge in [0.15, 0.2) is 5.60 Å². The Labute approximate surface area is 143 Å². The van der Waals surface area contributed by atoms with Crippen LogP contribution in [0.3, 0.4) is 0 Å². The molecule has 1 aromatic carbocycles. The van der Waals surface area contributed by atoms with Gasteiger partial charge in [0.1, 0.15) is 6.04 Å². The van der Waals surface area contributed by atoms with Crippen LogP contribution in [0, 0.1) is 17.8 Å². The molecule has 0 bridgehead atoms. The van der Waals surface area contributed by atoms with Crippen LogP contribution in [0.15, 0.2) is 24.3 Å². The van der Waals surface area contributed by atoms with Crippen molar-refractivity contribution in [3.05, 3.63) is 35.4 Å². The molecule has 1 aromatic rings. The molecule has 0 aromatic heterocycles. The summed E-state index contributed by atoms with van der Waals surface area (Å²) >= 11 is 0. The molecule has 0 radical (unpaired) electrons. The van der Waals surface area contributed by atoms with E-state index >= 15 is 0 Å². The van der Waals surface area contributed by atoms with E-state index in [1.54, 1.807) is 12.1 Å². The number of alkyl halides is 2. The fraction of sp³-hybridized carbons (Fsp3) is 0.412. The van der Waals surface area contributed by atoms with Gasteiger partial charge in [-0.25, -0.2) is 14.3 Å². The van der Waals surface area contributed by atoms with Crippen molar-refractivity contribution in [1.29, 1.82) is 0 Å². The van der Waals surface area contributed by atoms with Crippen molar-refractivity contribution in [2.45, 2.75) is 37.8 Å². The van der Waals surface area contributed by atoms with Crippen LogP contribution in [0.4, 0.5) is 8.78 Å². The highest BCUT2D eigenvalue weighted by Crippen LogP contribution is 2.27. The second kappa shape index (κ2) is 7.59. The molecule has 0 heterocycles. The third-order valence-electron chi connectivity index (χ3n) is 3.82. The van der Waals surface area contributed by atoms with E-state index in [0.29, 0.717) is 18.4 Å². The first kappa shape index (κ1) is 18.8. The van der Waals surface area contributed by atoms with Gasteiger partial charge >= 0.3 is 0 Å². The highest BCUT2D eigenvalue weighted by atomic mass is 19.3. The van der Waals surface area contributed by atoms with E-state index in [1.165, 1.54) is 12.1 Å². The van der Waals surface area contributed by atoms with Gasteiger partial charge in [0.05, 0.1) is 0 Å². The molecule has 0 unspecified atom stereocenters. The highest BCUT2D eigenvalue weighted by Gasteiger charge is 2.46. The zero-order valence-corrected chi connectivity index (χ0v) is 13.4. The molecule has 0 saturated heterocycles. The van der Waals surface area contributed by atoms with Crippen LogP contribution >= 0.6 is 0 Å². The predicted octanol–water partition coefficient (Wildman–Crippen LogP) is 1.07. The van der Waals surface area contributed by atoms with Gasteiger partial charge in [-0.05, 0) is 44.0 Å². The van der Waals surface area contributed by atoms with Gasteiger partial charge in [0.2, 0.25) is 0 Å². The summed E-state index contributed by atoms with van der Waals surface area (Å²) in [4.78, 5) is 23.7. The lowest BCUT2D eigenvalue weighted by Crippen LogP contribution is -2.61. The first-order chi connectivity index (χ1) is 11.8. The number of carbonyl (C=O) groups is 2. The second-order valence-electron chi connectivity index (χ2n) is 6.03. The molecule has 0 spiro atoms. The molecular weight excluding hydrogens is 334 g/mol. The van der Waals surface area contributed by atoms with Gasteiger partial charge in [-0.2, -0.15) is 0 Å². The van der Waals surface area contributed by atoms with Crippen molar-refractivity contribution in [2.75, 3.05) is 0 Å². The molecule has 1 aliphatic carbocycles. The summed E-state index contributed by atoms with van der Waals surface area (Å²) in [7, 11) is 0. The fourth-order valence-electron chi connectivity index (χ4n) is 2.00. The molecule has 0 aliphatic heterocycles. The maximum atomic E-state index is 12.9. The maximum absolute atomic E-state index is 12.9. The normalized spacial score (nSPS) is 17.0. The molecule has 2 amide bonds. The summed E-state index contributed by atoms with van der Waals surface area (Å²) in [6.07, 6.45) is -1.15. The average Bonchev–Trinajstić information content (AvgIpc) is 3.41. The Morgan fingerprint density at radius 2 is 1.88 bits per heavy atom. The SMILES string of the molecule is C[C@](O)(C(F)F)[C@H](NC(=O)c1ccc(C#CC2CC2)cc1)C(=O)NO. The summed E-state index contributed by atoms with van der Waals surface area (Å²) in [6.45, 7) is 0.689. The van der Waals surface area contributed by atoms with Crippen LogP contribution in [0.25, 0.3) is 0 Å². The van der Waals surface area contributed by atoms with Crippen molar-refractivity contribution in [1.82, 2.24) is 10.8 Å². The van der Waals surface area contributed by atoms with Crippen molar-refractivity contribution in [2.24, 2.45) is 5.92 Å². The van der Waals surface area contributed by atoms with Crippen LogP contribution in [0.2, 0.25) is 0 Å². The second-order valence-corrected chi connectivity index (χ2v) is 6.03. The fourth-order valence-corrected chi connectivity index (χ4v) is 2.00. The summed E-state index contributed by atoms with van der Waals surface area (Å²) in [6, 6.07) is 4.00. The number of aliphatic hydroxyl groups is 1. The van der Waals surface area contributed by atoms with Gasteiger partial charge in [-0.1, -0.05) is 11.8 Å². The lowest BCUT2D eigenvalue weighted by Gasteiger charge is -2.30. The Morgan fingerprint density at radius 1 is 1.28 bits per heavy atom. The summed E-state index contributed by atoms with van der Waals surface area (Å²) < 4.78 is 25.9. The lowest BCUT2D eigenvalue weighted by atomic mass is 9.95. The minimum Gasteiger partial charge on any atom is -0.381 e. The molecule has 1 saturated carbocycles. The third-order valence-corrected chi connectivity index (χ3v) is 3.82. The van der Waals surface area contributed by atoms with Crippen molar-refractivity contribution in [3.8, 4) is 11.8 Å². The van der Waals surface area contributed by atoms with E-state index in [4.69, 9.17) is 5.21 Å². The molecule has 2 rings (SSSR count). The molecule has 6 nitrogen and oxygen atoms in total. The number of hydrogen-bond donors (Lipinski definition) is 4. The quantitative estimate of drug-likeness (QED) is 0.362. The molecule has 1 fully saturated rings. The maximum Gasteiger partial charge on any atom is 0.269 e. The Kier molecular flexibility index (Phi) is 5.72. The van der Waals surface area contributed by atoms with Gasteiger partial charge in [-0.15, -0.1) is 0 Å². The van der Waals surface area contributed by atoms with Crippen LogP contribution in [-0.2, 0) is 4.79 Å². The molecular formula is C17H18F2N2O4. The van der Waals surface area contributed by atoms with Crippen LogP contribution < -0.4 is 10.8 Å². The standard InChI is InChI=1S/C17H18F2N2O4/c1-17(24,16(18)19)13(15(23)21-25)20-14(22)12-8-6-11(7-9-12)5-4-10-2-3-10/h6-10,13,16,24-25H,2-3H2,1H3,(H,20,22)(H,21,23)/t13-,17-/m1/s1. The monoisotopic (exact) mass is 352 g/mol. The summed E-state index contributed by atoms with van der Waals surface area (Å²) in [5.74, 6) is 4.24. The number of nitrogens with one attached hydrogen (secondary N) is 2. The molecule has 1 aliphatic rings. The molecule has 8 heteroatoms. The van der Waals surface area contributed by atoms with E-state index < -0.39 is 29.9 Å². The lowest BCUT2D eigenvalue weighted by molar-refractivity contribution is -0.149. The number of amides is 2. The summed E-state index contributed by atoms with van der Waals surface area (Å²) in [5.41, 5.74) is -0.906. The van der Waals surface area contributed by atoms with Crippen LogP contribution in [0.1, 0.15) is 35.7 Å². The number of halogens is 2. The number of benzene rings is 1. The van der Waals surface area contributed by atoms with E-state index in [0.717, 1.165) is 18.3 Å². The number of hydroxylamine groups is 1. The van der Waals surface area contributed by atoms with E-state index in [2.05, 4.69) is 11.8 Å². The first-order valence-electron chi connectivity index (χ1n) is 7.62. The van der Waals surface area contributed by atoms with Crippen molar-refractivity contribution >= 4 is 11.8 Å². The molecule has 2 atom stereocenters. The third kappa shape index (κ3) is 4.75. The highest BCUT2D eigenvalue weighted by molar-refractivity contribution is 5.97. The van der Waals surface area contributed by atoms with Gasteiger partial charge in [-0.3, -0.25) is 14.8 Å². The molecule has 4 N–H and O–H groups in total. The molecule has 134 valence electrons. The molecule has 25 heavy (non-hydrogen) atoms. The van der Waals surface area contributed by atoms with Gasteiger partial charge in [0.25, 0.3) is 18.2 Å². The van der Waals surface area contributed by atoms with E-state index in [-0.39, 0.29) is 5.56 Å². The Hall–Kier alpha value is -2.50. The smallest absolute Gasteiger partial charge is 0.269 e. The van der Waals surface area contributed by atoms with Crippen molar-refractivity contribution < 1.29 is 28.7 Å². The average molecular weight is 352 g/mol. The minimum atomic E-state index is -3.32. The number of carbonyl (C=O) groups excluding carboxylic acids is 2. The first-order valence-corrected chi connectivity index (χ1v) is 7.62. The van der Waals surface area contributed by atoms with Crippen LogP contribution in [0.5, 0.6) is 0 Å². The largest absolute Gasteiger partial charge is 0.381 e. The number of hydrogen-bond acceptors (Lipinski definition) is 4. The van der Waals surface area contributed by atoms with Crippen molar-refractivity contribution in [3.63, 3.8) is 0 Å². The van der Waals surface area contributed by atoms with E-state index in [9.17, 15) is 23.5 Å². The zero-order chi connectivity index (χ0) is 18.6. The number of rotatable bonds is 5.